The zero-order valence-electron chi connectivity index (χ0n) is 10.1. The van der Waals surface area contributed by atoms with Gasteiger partial charge in [0.1, 0.15) is 0 Å². The van der Waals surface area contributed by atoms with Gasteiger partial charge in [-0.3, -0.25) is 0 Å². The summed E-state index contributed by atoms with van der Waals surface area (Å²) in [5, 5.41) is 24.0. The number of benzene rings is 1. The van der Waals surface area contributed by atoms with E-state index >= 15 is 0 Å². The molecule has 0 bridgehead atoms. The van der Waals surface area contributed by atoms with E-state index in [9.17, 15) is 9.90 Å². The number of carboxylic acids is 1. The lowest BCUT2D eigenvalue weighted by molar-refractivity contribution is -0.140. The minimum atomic E-state index is -1.12. The number of nitrogens with zero attached hydrogens (tertiary/aromatic N) is 1. The standard InChI is InChI=1S/C13H12N2O3S/c1-7(16)11(13(17)18)15-9-3-4-10(14-2)12-8(9)5-6-19-12/h3-7,11,15-16H,1H3,(H,17,18)/t7-,11?/m0/s1. The van der Waals surface area contributed by atoms with E-state index < -0.39 is 18.1 Å². The number of aliphatic carboxylic acids is 1. The van der Waals surface area contributed by atoms with E-state index in [1.165, 1.54) is 18.3 Å². The molecule has 6 heteroatoms. The molecule has 0 saturated heterocycles. The van der Waals surface area contributed by atoms with Crippen molar-refractivity contribution in [2.75, 3.05) is 5.32 Å². The first kappa shape index (κ1) is 13.3. The summed E-state index contributed by atoms with van der Waals surface area (Å²) in [7, 11) is 0. The highest BCUT2D eigenvalue weighted by atomic mass is 32.1. The summed E-state index contributed by atoms with van der Waals surface area (Å²) in [5.41, 5.74) is 1.15. The van der Waals surface area contributed by atoms with Crippen molar-refractivity contribution in [2.45, 2.75) is 19.1 Å². The zero-order chi connectivity index (χ0) is 14.0. The van der Waals surface area contributed by atoms with Gasteiger partial charge in [-0.05, 0) is 24.4 Å². The second-order valence-corrected chi connectivity index (χ2v) is 5.02. The summed E-state index contributed by atoms with van der Waals surface area (Å²) in [5.74, 6) is -1.12. The molecule has 0 fully saturated rings. The van der Waals surface area contributed by atoms with Gasteiger partial charge in [0, 0.05) is 15.8 Å². The third kappa shape index (κ3) is 2.52. The number of thiophene rings is 1. The van der Waals surface area contributed by atoms with Crippen molar-refractivity contribution >= 4 is 38.8 Å². The van der Waals surface area contributed by atoms with Gasteiger partial charge < -0.3 is 15.5 Å². The molecule has 0 aliphatic carbocycles. The van der Waals surface area contributed by atoms with Crippen LogP contribution in [0, 0.1) is 6.57 Å². The van der Waals surface area contributed by atoms with Gasteiger partial charge in [-0.1, -0.05) is 6.07 Å². The Labute approximate surface area is 113 Å². The van der Waals surface area contributed by atoms with E-state index in [0.29, 0.717) is 11.4 Å². The molecule has 5 nitrogen and oxygen atoms in total. The quantitative estimate of drug-likeness (QED) is 0.751. The molecule has 1 aromatic heterocycles. The van der Waals surface area contributed by atoms with Crippen molar-refractivity contribution in [3.63, 3.8) is 0 Å². The van der Waals surface area contributed by atoms with Crippen LogP contribution in [0.25, 0.3) is 14.9 Å². The smallest absolute Gasteiger partial charge is 0.328 e. The number of aliphatic hydroxyl groups excluding tert-OH is 1. The number of anilines is 1. The highest BCUT2D eigenvalue weighted by Gasteiger charge is 2.23. The second-order valence-electron chi connectivity index (χ2n) is 4.11. The van der Waals surface area contributed by atoms with E-state index in [1.54, 1.807) is 12.1 Å². The highest BCUT2D eigenvalue weighted by molar-refractivity contribution is 7.18. The molecule has 2 aromatic rings. The molecular weight excluding hydrogens is 264 g/mol. The van der Waals surface area contributed by atoms with Gasteiger partial charge in [0.25, 0.3) is 0 Å². The van der Waals surface area contributed by atoms with Crippen molar-refractivity contribution in [3.05, 3.63) is 35.0 Å². The number of carboxylic acid groups (broad SMARTS) is 1. The van der Waals surface area contributed by atoms with E-state index in [4.69, 9.17) is 11.7 Å². The van der Waals surface area contributed by atoms with Crippen molar-refractivity contribution in [3.8, 4) is 0 Å². The topological polar surface area (TPSA) is 73.9 Å². The third-order valence-corrected chi connectivity index (χ3v) is 3.71. The first-order valence-corrected chi connectivity index (χ1v) is 6.47. The molecule has 19 heavy (non-hydrogen) atoms. The summed E-state index contributed by atoms with van der Waals surface area (Å²) < 4.78 is 0.815. The minimum Gasteiger partial charge on any atom is -0.480 e. The van der Waals surface area contributed by atoms with Crippen LogP contribution in [0.1, 0.15) is 6.92 Å². The van der Waals surface area contributed by atoms with Gasteiger partial charge in [-0.25, -0.2) is 9.64 Å². The molecule has 0 radical (unpaired) electrons. The SMILES string of the molecule is [C-]#[N+]c1ccc(NC(C(=O)O)[C@H](C)O)c2ccsc12. The van der Waals surface area contributed by atoms with Crippen LogP contribution in [0.3, 0.4) is 0 Å². The van der Waals surface area contributed by atoms with E-state index in [1.807, 2.05) is 11.4 Å². The maximum atomic E-state index is 11.1. The minimum absolute atomic E-state index is 0.541. The fraction of sp³-hybridized carbons (Fsp3) is 0.231. The lowest BCUT2D eigenvalue weighted by Gasteiger charge is -2.19. The molecule has 1 aromatic carbocycles. The van der Waals surface area contributed by atoms with E-state index in [-0.39, 0.29) is 0 Å². The Hall–Kier alpha value is -2.10. The van der Waals surface area contributed by atoms with Gasteiger partial charge >= 0.3 is 5.97 Å². The number of rotatable bonds is 4. The van der Waals surface area contributed by atoms with Crippen LogP contribution < -0.4 is 5.32 Å². The molecule has 0 spiro atoms. The van der Waals surface area contributed by atoms with Crippen LogP contribution >= 0.6 is 11.3 Å². The molecule has 1 heterocycles. The summed E-state index contributed by atoms with van der Waals surface area (Å²) in [4.78, 5) is 14.5. The molecule has 2 rings (SSSR count). The number of carbonyl (C=O) groups is 1. The molecule has 1 unspecified atom stereocenters. The van der Waals surface area contributed by atoms with Gasteiger partial charge in [-0.15, -0.1) is 0 Å². The predicted molar refractivity (Wildman–Crippen MR) is 74.8 cm³/mol. The van der Waals surface area contributed by atoms with Gasteiger partial charge in [-0.2, -0.15) is 11.3 Å². The number of hydrogen-bond acceptors (Lipinski definition) is 4. The van der Waals surface area contributed by atoms with Crippen LogP contribution in [0.2, 0.25) is 0 Å². The van der Waals surface area contributed by atoms with Crippen molar-refractivity contribution in [1.29, 1.82) is 0 Å². The summed E-state index contributed by atoms with van der Waals surface area (Å²) in [6.07, 6.45) is -1.02. The van der Waals surface area contributed by atoms with Gasteiger partial charge in [0.2, 0.25) is 5.69 Å². The third-order valence-electron chi connectivity index (χ3n) is 2.78. The monoisotopic (exact) mass is 276 g/mol. The Morgan fingerprint density at radius 3 is 2.79 bits per heavy atom. The first-order valence-electron chi connectivity index (χ1n) is 5.59. The van der Waals surface area contributed by atoms with Crippen LogP contribution in [0.4, 0.5) is 11.4 Å². The Balaban J connectivity index is 2.44. The summed E-state index contributed by atoms with van der Waals surface area (Å²) in [6.45, 7) is 8.51. The van der Waals surface area contributed by atoms with Crippen molar-refractivity contribution in [1.82, 2.24) is 0 Å². The van der Waals surface area contributed by atoms with Crippen LogP contribution in [0.5, 0.6) is 0 Å². The molecular formula is C13H12N2O3S. The van der Waals surface area contributed by atoms with Crippen LogP contribution in [0.15, 0.2) is 23.6 Å². The predicted octanol–water partition coefficient (Wildman–Crippen LogP) is 2.70. The Kier molecular flexibility index (Phi) is 3.69. The van der Waals surface area contributed by atoms with Gasteiger partial charge in [0.05, 0.1) is 12.7 Å². The lowest BCUT2D eigenvalue weighted by atomic mass is 10.1. The molecule has 0 saturated carbocycles. The molecule has 3 N–H and O–H groups in total. The second kappa shape index (κ2) is 5.26. The number of fused-ring (bicyclic) bond motifs is 1. The molecule has 0 amide bonds. The normalized spacial score (nSPS) is 13.7. The number of aliphatic hydroxyl groups is 1. The Bertz CT molecular complexity index is 657. The van der Waals surface area contributed by atoms with Crippen LogP contribution in [-0.2, 0) is 4.79 Å². The average molecular weight is 276 g/mol. The molecule has 0 aliphatic heterocycles. The van der Waals surface area contributed by atoms with Crippen molar-refractivity contribution in [2.24, 2.45) is 0 Å². The number of hydrogen-bond donors (Lipinski definition) is 3. The Morgan fingerprint density at radius 1 is 1.47 bits per heavy atom. The van der Waals surface area contributed by atoms with Crippen molar-refractivity contribution < 1.29 is 15.0 Å². The largest absolute Gasteiger partial charge is 0.480 e. The fourth-order valence-corrected chi connectivity index (χ4v) is 2.70. The maximum absolute atomic E-state index is 11.1. The Morgan fingerprint density at radius 2 is 2.21 bits per heavy atom. The van der Waals surface area contributed by atoms with Crippen LogP contribution in [-0.4, -0.2) is 28.3 Å². The maximum Gasteiger partial charge on any atom is 0.328 e. The zero-order valence-corrected chi connectivity index (χ0v) is 10.9. The van der Waals surface area contributed by atoms with E-state index in [2.05, 4.69) is 10.2 Å². The van der Waals surface area contributed by atoms with Gasteiger partial charge in [0.15, 0.2) is 6.04 Å². The lowest BCUT2D eigenvalue weighted by Crippen LogP contribution is -2.38. The molecule has 98 valence electrons. The average Bonchev–Trinajstić information content (AvgIpc) is 2.84. The fourth-order valence-electron chi connectivity index (χ4n) is 1.82. The van der Waals surface area contributed by atoms with E-state index in [0.717, 1.165) is 10.1 Å². The number of nitrogens with one attached hydrogen (secondary N) is 1. The highest BCUT2D eigenvalue weighted by Crippen LogP contribution is 2.36. The summed E-state index contributed by atoms with van der Waals surface area (Å²) in [6, 6.07) is 4.07. The summed E-state index contributed by atoms with van der Waals surface area (Å²) >= 11 is 1.43. The first-order chi connectivity index (χ1) is 9.04. The molecule has 0 aliphatic rings. The molecule has 2 atom stereocenters.